The Morgan fingerprint density at radius 2 is 2.08 bits per heavy atom. The van der Waals surface area contributed by atoms with Gasteiger partial charge in [0, 0.05) is 6.04 Å². The van der Waals surface area contributed by atoms with E-state index < -0.39 is 0 Å². The fourth-order valence-corrected chi connectivity index (χ4v) is 2.06. The Morgan fingerprint density at radius 3 is 2.67 bits per heavy atom. The highest BCUT2D eigenvalue weighted by Crippen LogP contribution is 2.17. The van der Waals surface area contributed by atoms with Crippen LogP contribution in [-0.4, -0.2) is 12.6 Å². The summed E-state index contributed by atoms with van der Waals surface area (Å²) in [6, 6.07) is 0.844. The van der Waals surface area contributed by atoms with Crippen LogP contribution in [0.5, 0.6) is 0 Å². The summed E-state index contributed by atoms with van der Waals surface area (Å²) in [4.78, 5) is 0. The molecule has 1 N–H and O–H groups in total. The van der Waals surface area contributed by atoms with Crippen molar-refractivity contribution in [2.75, 3.05) is 6.54 Å². The molecule has 0 unspecified atom stereocenters. The van der Waals surface area contributed by atoms with Crippen LogP contribution in [-0.2, 0) is 0 Å². The molecular weight excluding hydrogens is 146 g/mol. The molecule has 0 bridgehead atoms. The predicted octanol–water partition coefficient (Wildman–Crippen LogP) is 2.95. The first-order valence-corrected chi connectivity index (χ1v) is 5.56. The standard InChI is InChI=1S/C11H23N/c1-3-4-5-6-7-11-8-10(2)9-12-11/h10-12H,3-9H2,1-2H3/t10-,11+/m0/s1. The van der Waals surface area contributed by atoms with Crippen LogP contribution in [0, 0.1) is 5.92 Å². The number of hydrogen-bond donors (Lipinski definition) is 1. The second-order valence-corrected chi connectivity index (χ2v) is 4.30. The Hall–Kier alpha value is -0.0400. The van der Waals surface area contributed by atoms with Gasteiger partial charge in [0.05, 0.1) is 0 Å². The topological polar surface area (TPSA) is 12.0 Å². The average Bonchev–Trinajstić information content (AvgIpc) is 2.45. The fourth-order valence-electron chi connectivity index (χ4n) is 2.06. The Kier molecular flexibility index (Phi) is 4.67. The lowest BCUT2D eigenvalue weighted by molar-refractivity contribution is 0.503. The molecule has 0 aromatic heterocycles. The van der Waals surface area contributed by atoms with E-state index in [1.54, 1.807) is 0 Å². The first-order chi connectivity index (χ1) is 5.83. The third kappa shape index (κ3) is 3.57. The molecule has 72 valence electrons. The van der Waals surface area contributed by atoms with E-state index in [1.165, 1.54) is 45.1 Å². The minimum absolute atomic E-state index is 0.844. The van der Waals surface area contributed by atoms with E-state index in [1.807, 2.05) is 0 Å². The van der Waals surface area contributed by atoms with Gasteiger partial charge < -0.3 is 5.32 Å². The van der Waals surface area contributed by atoms with Crippen LogP contribution < -0.4 is 5.32 Å². The van der Waals surface area contributed by atoms with Gasteiger partial charge in [0.25, 0.3) is 0 Å². The van der Waals surface area contributed by atoms with Gasteiger partial charge >= 0.3 is 0 Å². The van der Waals surface area contributed by atoms with E-state index in [4.69, 9.17) is 0 Å². The van der Waals surface area contributed by atoms with Crippen LogP contribution in [0.15, 0.2) is 0 Å². The summed E-state index contributed by atoms with van der Waals surface area (Å²) in [7, 11) is 0. The van der Waals surface area contributed by atoms with Crippen LogP contribution in [0.4, 0.5) is 0 Å². The third-order valence-corrected chi connectivity index (χ3v) is 2.85. The number of unbranched alkanes of at least 4 members (excludes halogenated alkanes) is 3. The summed E-state index contributed by atoms with van der Waals surface area (Å²) in [5.41, 5.74) is 0. The molecule has 1 nitrogen and oxygen atoms in total. The Morgan fingerprint density at radius 1 is 1.25 bits per heavy atom. The Labute approximate surface area is 76.9 Å². The fraction of sp³-hybridized carbons (Fsp3) is 1.00. The number of nitrogens with one attached hydrogen (secondary N) is 1. The summed E-state index contributed by atoms with van der Waals surface area (Å²) in [6.45, 7) is 5.87. The minimum atomic E-state index is 0.844. The molecule has 1 saturated heterocycles. The molecule has 0 aromatic rings. The second kappa shape index (κ2) is 5.58. The average molecular weight is 169 g/mol. The Balaban J connectivity index is 1.93. The van der Waals surface area contributed by atoms with Gasteiger partial charge in [-0.1, -0.05) is 39.5 Å². The van der Waals surface area contributed by atoms with Crippen LogP contribution in [0.25, 0.3) is 0 Å². The first kappa shape index (κ1) is 10.0. The predicted molar refractivity (Wildman–Crippen MR) is 54.3 cm³/mol. The maximum Gasteiger partial charge on any atom is 0.00701 e. The zero-order valence-corrected chi connectivity index (χ0v) is 8.60. The smallest absolute Gasteiger partial charge is 0.00701 e. The van der Waals surface area contributed by atoms with Crippen LogP contribution in [0.3, 0.4) is 0 Å². The number of rotatable bonds is 5. The molecule has 1 heteroatoms. The summed E-state index contributed by atoms with van der Waals surface area (Å²) in [5.74, 6) is 0.918. The molecule has 1 heterocycles. The van der Waals surface area contributed by atoms with Crippen molar-refractivity contribution in [3.8, 4) is 0 Å². The summed E-state index contributed by atoms with van der Waals surface area (Å²) < 4.78 is 0. The van der Waals surface area contributed by atoms with Gasteiger partial charge in [-0.15, -0.1) is 0 Å². The zero-order valence-electron chi connectivity index (χ0n) is 8.60. The molecule has 2 atom stereocenters. The molecule has 1 aliphatic heterocycles. The molecule has 0 aromatic carbocycles. The van der Waals surface area contributed by atoms with E-state index in [0.717, 1.165) is 12.0 Å². The molecule has 0 radical (unpaired) electrons. The van der Waals surface area contributed by atoms with Gasteiger partial charge in [0.15, 0.2) is 0 Å². The summed E-state index contributed by atoms with van der Waals surface area (Å²) in [6.07, 6.45) is 8.45. The van der Waals surface area contributed by atoms with E-state index in [2.05, 4.69) is 19.2 Å². The van der Waals surface area contributed by atoms with Crippen LogP contribution in [0.1, 0.15) is 52.4 Å². The van der Waals surface area contributed by atoms with Crippen molar-refractivity contribution < 1.29 is 0 Å². The molecule has 0 amide bonds. The van der Waals surface area contributed by atoms with Crippen LogP contribution >= 0.6 is 0 Å². The van der Waals surface area contributed by atoms with Crippen molar-refractivity contribution >= 4 is 0 Å². The Bertz CT molecular complexity index is 112. The quantitative estimate of drug-likeness (QED) is 0.624. The van der Waals surface area contributed by atoms with Gasteiger partial charge in [-0.25, -0.2) is 0 Å². The van der Waals surface area contributed by atoms with Gasteiger partial charge in [-0.05, 0) is 25.3 Å². The summed E-state index contributed by atoms with van der Waals surface area (Å²) >= 11 is 0. The normalized spacial score (nSPS) is 29.5. The van der Waals surface area contributed by atoms with E-state index in [0.29, 0.717) is 0 Å². The highest BCUT2D eigenvalue weighted by molar-refractivity contribution is 4.78. The van der Waals surface area contributed by atoms with Gasteiger partial charge in [-0.3, -0.25) is 0 Å². The highest BCUT2D eigenvalue weighted by atomic mass is 14.9. The number of hydrogen-bond acceptors (Lipinski definition) is 1. The van der Waals surface area contributed by atoms with E-state index in [9.17, 15) is 0 Å². The van der Waals surface area contributed by atoms with Gasteiger partial charge in [0.1, 0.15) is 0 Å². The molecule has 1 rings (SSSR count). The van der Waals surface area contributed by atoms with Crippen molar-refractivity contribution in [2.45, 2.75) is 58.4 Å². The molecule has 0 aliphatic carbocycles. The molecule has 0 spiro atoms. The van der Waals surface area contributed by atoms with Crippen molar-refractivity contribution in [2.24, 2.45) is 5.92 Å². The maximum absolute atomic E-state index is 3.58. The summed E-state index contributed by atoms with van der Waals surface area (Å²) in [5, 5.41) is 3.58. The monoisotopic (exact) mass is 169 g/mol. The molecule has 1 fully saturated rings. The van der Waals surface area contributed by atoms with Crippen molar-refractivity contribution in [3.05, 3.63) is 0 Å². The molecule has 12 heavy (non-hydrogen) atoms. The molecule has 0 saturated carbocycles. The minimum Gasteiger partial charge on any atom is -0.314 e. The van der Waals surface area contributed by atoms with Crippen molar-refractivity contribution in [1.29, 1.82) is 0 Å². The maximum atomic E-state index is 3.58. The van der Waals surface area contributed by atoms with Crippen molar-refractivity contribution in [1.82, 2.24) is 5.32 Å². The second-order valence-electron chi connectivity index (χ2n) is 4.30. The first-order valence-electron chi connectivity index (χ1n) is 5.56. The largest absolute Gasteiger partial charge is 0.314 e. The van der Waals surface area contributed by atoms with Crippen LogP contribution in [0.2, 0.25) is 0 Å². The SMILES string of the molecule is CCCCCC[C@@H]1C[C@H](C)CN1. The van der Waals surface area contributed by atoms with Crippen molar-refractivity contribution in [3.63, 3.8) is 0 Å². The lowest BCUT2D eigenvalue weighted by atomic mass is 10.0. The van der Waals surface area contributed by atoms with E-state index >= 15 is 0 Å². The lowest BCUT2D eigenvalue weighted by Gasteiger charge is -2.08. The molecule has 1 aliphatic rings. The van der Waals surface area contributed by atoms with Gasteiger partial charge in [-0.2, -0.15) is 0 Å². The zero-order chi connectivity index (χ0) is 8.81. The third-order valence-electron chi connectivity index (χ3n) is 2.85. The van der Waals surface area contributed by atoms with Gasteiger partial charge in [0.2, 0.25) is 0 Å². The van der Waals surface area contributed by atoms with E-state index in [-0.39, 0.29) is 0 Å². The lowest BCUT2D eigenvalue weighted by Crippen LogP contribution is -2.20. The molecular formula is C11H23N. The highest BCUT2D eigenvalue weighted by Gasteiger charge is 2.19.